The molecule has 1 aromatic carbocycles. The zero-order valence-corrected chi connectivity index (χ0v) is 10.3. The number of piperazine rings is 1. The van der Waals surface area contributed by atoms with Gasteiger partial charge in [0.05, 0.1) is 5.69 Å². The Balaban J connectivity index is 1.69. The van der Waals surface area contributed by atoms with Crippen LogP contribution in [0, 0.1) is 0 Å². The minimum Gasteiger partial charge on any atom is -0.356 e. The molecule has 0 bridgehead atoms. The van der Waals surface area contributed by atoms with E-state index >= 15 is 0 Å². The number of hydrogen-bond acceptors (Lipinski definition) is 4. The van der Waals surface area contributed by atoms with E-state index in [4.69, 9.17) is 4.52 Å². The van der Waals surface area contributed by atoms with Gasteiger partial charge in [0, 0.05) is 44.4 Å². The third kappa shape index (κ3) is 2.60. The molecule has 94 valence electrons. The van der Waals surface area contributed by atoms with Crippen LogP contribution in [0.5, 0.6) is 0 Å². The highest BCUT2D eigenvalue weighted by Gasteiger charge is 2.13. The second kappa shape index (κ2) is 5.33. The second-order valence-corrected chi connectivity index (χ2v) is 4.57. The standard InChI is InChI=1S/C14H17N3O/c1-2-4-12(5-3-1)14-10-13(16-18-14)11-17-8-6-15-7-9-17/h1-5,10,15H,6-9,11H2. The molecule has 1 saturated heterocycles. The SMILES string of the molecule is c1ccc(-c2cc(CN3CCNCC3)no2)cc1. The molecule has 3 rings (SSSR count). The number of nitrogens with one attached hydrogen (secondary N) is 1. The third-order valence-electron chi connectivity index (χ3n) is 3.21. The summed E-state index contributed by atoms with van der Waals surface area (Å²) in [5.41, 5.74) is 2.09. The average molecular weight is 243 g/mol. The zero-order chi connectivity index (χ0) is 12.2. The van der Waals surface area contributed by atoms with Crippen molar-refractivity contribution in [2.75, 3.05) is 26.2 Å². The topological polar surface area (TPSA) is 41.3 Å². The van der Waals surface area contributed by atoms with Crippen molar-refractivity contribution in [3.8, 4) is 11.3 Å². The van der Waals surface area contributed by atoms with Gasteiger partial charge < -0.3 is 9.84 Å². The Morgan fingerprint density at radius 3 is 2.72 bits per heavy atom. The van der Waals surface area contributed by atoms with Gasteiger partial charge in [-0.25, -0.2) is 0 Å². The predicted molar refractivity (Wildman–Crippen MR) is 70.1 cm³/mol. The van der Waals surface area contributed by atoms with Gasteiger partial charge in [-0.2, -0.15) is 0 Å². The highest BCUT2D eigenvalue weighted by atomic mass is 16.5. The molecular formula is C14H17N3O. The molecule has 4 heteroatoms. The van der Waals surface area contributed by atoms with Gasteiger partial charge in [-0.05, 0) is 0 Å². The largest absolute Gasteiger partial charge is 0.356 e. The first kappa shape index (κ1) is 11.4. The third-order valence-corrected chi connectivity index (χ3v) is 3.21. The van der Waals surface area contributed by atoms with Crippen LogP contribution in [-0.4, -0.2) is 36.2 Å². The fraction of sp³-hybridized carbons (Fsp3) is 0.357. The summed E-state index contributed by atoms with van der Waals surface area (Å²) < 4.78 is 5.40. The van der Waals surface area contributed by atoms with E-state index in [1.54, 1.807) is 0 Å². The van der Waals surface area contributed by atoms with Crippen molar-refractivity contribution >= 4 is 0 Å². The predicted octanol–water partition coefficient (Wildman–Crippen LogP) is 1.75. The number of nitrogens with zero attached hydrogens (tertiary/aromatic N) is 2. The van der Waals surface area contributed by atoms with Crippen LogP contribution in [0.3, 0.4) is 0 Å². The van der Waals surface area contributed by atoms with E-state index in [1.807, 2.05) is 36.4 Å². The smallest absolute Gasteiger partial charge is 0.167 e. The van der Waals surface area contributed by atoms with Crippen LogP contribution in [0.2, 0.25) is 0 Å². The Morgan fingerprint density at radius 2 is 1.94 bits per heavy atom. The van der Waals surface area contributed by atoms with Crippen molar-refractivity contribution in [3.63, 3.8) is 0 Å². The lowest BCUT2D eigenvalue weighted by atomic mass is 10.1. The van der Waals surface area contributed by atoms with Crippen molar-refractivity contribution in [1.29, 1.82) is 0 Å². The number of benzene rings is 1. The lowest BCUT2D eigenvalue weighted by Crippen LogP contribution is -2.42. The van der Waals surface area contributed by atoms with Gasteiger partial charge in [0.25, 0.3) is 0 Å². The van der Waals surface area contributed by atoms with Gasteiger partial charge in [-0.3, -0.25) is 4.90 Å². The lowest BCUT2D eigenvalue weighted by Gasteiger charge is -2.25. The minimum atomic E-state index is 0.848. The minimum absolute atomic E-state index is 0.848. The molecule has 2 aromatic rings. The quantitative estimate of drug-likeness (QED) is 0.891. The van der Waals surface area contributed by atoms with Gasteiger partial charge >= 0.3 is 0 Å². The maximum atomic E-state index is 5.40. The van der Waals surface area contributed by atoms with Crippen molar-refractivity contribution in [2.45, 2.75) is 6.54 Å². The van der Waals surface area contributed by atoms with Crippen molar-refractivity contribution < 1.29 is 4.52 Å². The molecule has 0 spiro atoms. The molecule has 0 amide bonds. The molecule has 1 aliphatic rings. The summed E-state index contributed by atoms with van der Waals surface area (Å²) in [6.07, 6.45) is 0. The Morgan fingerprint density at radius 1 is 1.17 bits per heavy atom. The monoisotopic (exact) mass is 243 g/mol. The highest BCUT2D eigenvalue weighted by Crippen LogP contribution is 2.20. The molecule has 0 unspecified atom stereocenters. The van der Waals surface area contributed by atoms with E-state index in [0.29, 0.717) is 0 Å². The molecule has 1 aliphatic heterocycles. The van der Waals surface area contributed by atoms with Gasteiger partial charge in [-0.1, -0.05) is 35.5 Å². The molecular weight excluding hydrogens is 226 g/mol. The van der Waals surface area contributed by atoms with Crippen molar-refractivity contribution in [2.24, 2.45) is 0 Å². The summed E-state index contributed by atoms with van der Waals surface area (Å²) in [6, 6.07) is 12.1. The first-order valence-electron chi connectivity index (χ1n) is 6.36. The van der Waals surface area contributed by atoms with Crippen LogP contribution >= 0.6 is 0 Å². The van der Waals surface area contributed by atoms with Crippen molar-refractivity contribution in [3.05, 3.63) is 42.1 Å². The first-order chi connectivity index (χ1) is 8.92. The highest BCUT2D eigenvalue weighted by molar-refractivity contribution is 5.56. The summed E-state index contributed by atoms with van der Waals surface area (Å²) in [4.78, 5) is 2.39. The van der Waals surface area contributed by atoms with E-state index in [0.717, 1.165) is 49.7 Å². The molecule has 4 nitrogen and oxygen atoms in total. The fourth-order valence-electron chi connectivity index (χ4n) is 2.22. The molecule has 0 radical (unpaired) electrons. The van der Waals surface area contributed by atoms with Gasteiger partial charge in [0.2, 0.25) is 0 Å². The molecule has 1 aromatic heterocycles. The van der Waals surface area contributed by atoms with Gasteiger partial charge in [0.15, 0.2) is 5.76 Å². The first-order valence-corrected chi connectivity index (χ1v) is 6.36. The maximum absolute atomic E-state index is 5.40. The number of hydrogen-bond donors (Lipinski definition) is 1. The normalized spacial score (nSPS) is 16.9. The van der Waals surface area contributed by atoms with Crippen LogP contribution in [0.15, 0.2) is 40.9 Å². The summed E-state index contributed by atoms with van der Waals surface area (Å²) in [5, 5.41) is 7.50. The summed E-state index contributed by atoms with van der Waals surface area (Å²) >= 11 is 0. The second-order valence-electron chi connectivity index (χ2n) is 4.57. The summed E-state index contributed by atoms with van der Waals surface area (Å²) in [7, 11) is 0. The van der Waals surface area contributed by atoms with Crippen molar-refractivity contribution in [1.82, 2.24) is 15.4 Å². The Hall–Kier alpha value is -1.65. The average Bonchev–Trinajstić information content (AvgIpc) is 2.89. The Bertz CT molecular complexity index is 489. The van der Waals surface area contributed by atoms with Crippen LogP contribution in [0.25, 0.3) is 11.3 Å². The Labute approximate surface area is 107 Å². The van der Waals surface area contributed by atoms with Crippen LogP contribution in [0.4, 0.5) is 0 Å². The summed E-state index contributed by atoms with van der Waals surface area (Å²) in [5.74, 6) is 0.848. The molecule has 0 saturated carbocycles. The van der Waals surface area contributed by atoms with Gasteiger partial charge in [-0.15, -0.1) is 0 Å². The van der Waals surface area contributed by atoms with Crippen LogP contribution in [0.1, 0.15) is 5.69 Å². The number of rotatable bonds is 3. The molecule has 1 fully saturated rings. The molecule has 0 atom stereocenters. The lowest BCUT2D eigenvalue weighted by molar-refractivity contribution is 0.227. The van der Waals surface area contributed by atoms with Crippen LogP contribution in [-0.2, 0) is 6.54 Å². The van der Waals surface area contributed by atoms with Gasteiger partial charge in [0.1, 0.15) is 0 Å². The van der Waals surface area contributed by atoms with E-state index in [-0.39, 0.29) is 0 Å². The van der Waals surface area contributed by atoms with Crippen LogP contribution < -0.4 is 5.32 Å². The molecule has 0 aliphatic carbocycles. The van der Waals surface area contributed by atoms with E-state index in [1.165, 1.54) is 0 Å². The zero-order valence-electron chi connectivity index (χ0n) is 10.3. The van der Waals surface area contributed by atoms with E-state index < -0.39 is 0 Å². The van der Waals surface area contributed by atoms with E-state index in [2.05, 4.69) is 15.4 Å². The van der Waals surface area contributed by atoms with E-state index in [9.17, 15) is 0 Å². The summed E-state index contributed by atoms with van der Waals surface area (Å²) in [6.45, 7) is 5.14. The fourth-order valence-corrected chi connectivity index (χ4v) is 2.22. The molecule has 1 N–H and O–H groups in total. The maximum Gasteiger partial charge on any atom is 0.167 e. The molecule has 18 heavy (non-hydrogen) atoms. The number of aromatic nitrogens is 1. The Kier molecular flexibility index (Phi) is 3.39. The molecule has 2 heterocycles.